The van der Waals surface area contributed by atoms with Crippen LogP contribution in [0, 0.1) is 0 Å². The lowest BCUT2D eigenvalue weighted by Gasteiger charge is -2.30. The van der Waals surface area contributed by atoms with Crippen LogP contribution in [0.15, 0.2) is 218 Å². The lowest BCUT2D eigenvalue weighted by Crippen LogP contribution is -2.12. The van der Waals surface area contributed by atoms with Gasteiger partial charge in [0, 0.05) is 43.5 Å². The topological polar surface area (TPSA) is 8.17 Å². The Balaban J connectivity index is 1.13. The molecule has 0 aliphatic carbocycles. The van der Waals surface area contributed by atoms with Crippen LogP contribution in [0.25, 0.3) is 81.0 Å². The van der Waals surface area contributed by atoms with Gasteiger partial charge in [0.2, 0.25) is 0 Å². The fourth-order valence-electron chi connectivity index (χ4n) is 8.56. The summed E-state index contributed by atoms with van der Waals surface area (Å²) in [5.41, 5.74) is 14.2. The van der Waals surface area contributed by atoms with Crippen molar-refractivity contribution in [1.82, 2.24) is 4.57 Å². The third-order valence-electron chi connectivity index (χ3n) is 11.2. The van der Waals surface area contributed by atoms with E-state index in [2.05, 4.69) is 228 Å². The number of hydrogen-bond acceptors (Lipinski definition) is 2. The highest BCUT2D eigenvalue weighted by molar-refractivity contribution is 7.27. The SMILES string of the molecule is c1ccc(-c2ccccc2N(c2ccc(-c3ccc4ccccc4c3)cc2)c2ccccc2-c2cccc3c2sc2c4ccccc4n(-c4ccccc4)c32)cc1. The van der Waals surface area contributed by atoms with E-state index in [1.165, 1.54) is 81.0 Å². The number of aromatic nitrogens is 1. The highest BCUT2D eigenvalue weighted by Crippen LogP contribution is 2.49. The molecule has 3 heteroatoms. The molecule has 9 aromatic carbocycles. The molecule has 57 heavy (non-hydrogen) atoms. The van der Waals surface area contributed by atoms with E-state index in [1.807, 2.05) is 11.3 Å². The molecule has 2 nitrogen and oxygen atoms in total. The molecule has 0 bridgehead atoms. The third-order valence-corrected chi connectivity index (χ3v) is 12.5. The molecule has 0 aliphatic heterocycles. The lowest BCUT2D eigenvalue weighted by atomic mass is 9.97. The van der Waals surface area contributed by atoms with Gasteiger partial charge in [0.25, 0.3) is 0 Å². The van der Waals surface area contributed by atoms with Crippen LogP contribution in [0.3, 0.4) is 0 Å². The molecule has 0 fully saturated rings. The first kappa shape index (κ1) is 33.2. The highest BCUT2D eigenvalue weighted by atomic mass is 32.1. The quantitative estimate of drug-likeness (QED) is 0.158. The number of anilines is 3. The molecular weight excluding hydrogens is 709 g/mol. The summed E-state index contributed by atoms with van der Waals surface area (Å²) in [5, 5.41) is 5.04. The molecule has 0 saturated carbocycles. The fourth-order valence-corrected chi connectivity index (χ4v) is 9.90. The maximum Gasteiger partial charge on any atom is 0.0727 e. The van der Waals surface area contributed by atoms with Crippen LogP contribution in [0.5, 0.6) is 0 Å². The largest absolute Gasteiger partial charge is 0.309 e. The minimum Gasteiger partial charge on any atom is -0.309 e. The van der Waals surface area contributed by atoms with E-state index in [1.54, 1.807) is 0 Å². The summed E-state index contributed by atoms with van der Waals surface area (Å²) in [4.78, 5) is 2.45. The highest BCUT2D eigenvalue weighted by Gasteiger charge is 2.24. The summed E-state index contributed by atoms with van der Waals surface area (Å²) >= 11 is 1.90. The molecule has 2 heterocycles. The number of thiophene rings is 1. The van der Waals surface area contributed by atoms with E-state index < -0.39 is 0 Å². The molecule has 2 aromatic heterocycles. The van der Waals surface area contributed by atoms with Crippen molar-refractivity contribution in [3.05, 3.63) is 218 Å². The second kappa shape index (κ2) is 13.8. The molecule has 0 spiro atoms. The molecule has 0 atom stereocenters. The zero-order valence-electron chi connectivity index (χ0n) is 31.1. The second-order valence-electron chi connectivity index (χ2n) is 14.5. The van der Waals surface area contributed by atoms with Crippen LogP contribution in [-0.2, 0) is 0 Å². The Morgan fingerprint density at radius 1 is 0.368 bits per heavy atom. The Morgan fingerprint density at radius 3 is 1.77 bits per heavy atom. The Morgan fingerprint density at radius 2 is 0.965 bits per heavy atom. The molecule has 0 amide bonds. The first-order valence-corrected chi connectivity index (χ1v) is 20.3. The van der Waals surface area contributed by atoms with E-state index in [-0.39, 0.29) is 0 Å². The summed E-state index contributed by atoms with van der Waals surface area (Å²) in [6.07, 6.45) is 0. The van der Waals surface area contributed by atoms with Gasteiger partial charge in [-0.1, -0.05) is 170 Å². The summed E-state index contributed by atoms with van der Waals surface area (Å²) in [6, 6.07) is 79.2. The minimum absolute atomic E-state index is 1.10. The number of fused-ring (bicyclic) bond motifs is 6. The van der Waals surface area contributed by atoms with Gasteiger partial charge in [-0.2, -0.15) is 0 Å². The summed E-state index contributed by atoms with van der Waals surface area (Å²) in [5.74, 6) is 0. The number of rotatable bonds is 7. The smallest absolute Gasteiger partial charge is 0.0727 e. The average Bonchev–Trinajstić information content (AvgIpc) is 3.83. The predicted molar refractivity (Wildman–Crippen MR) is 245 cm³/mol. The number of para-hydroxylation sites is 4. The number of benzene rings is 9. The van der Waals surface area contributed by atoms with Crippen molar-refractivity contribution in [2.45, 2.75) is 0 Å². The Labute approximate surface area is 335 Å². The van der Waals surface area contributed by atoms with Crippen molar-refractivity contribution >= 4 is 70.4 Å². The van der Waals surface area contributed by atoms with Crippen molar-refractivity contribution in [2.24, 2.45) is 0 Å². The van der Waals surface area contributed by atoms with Gasteiger partial charge in [0.1, 0.15) is 0 Å². The van der Waals surface area contributed by atoms with Crippen molar-refractivity contribution < 1.29 is 0 Å². The summed E-state index contributed by atoms with van der Waals surface area (Å²) in [6.45, 7) is 0. The van der Waals surface area contributed by atoms with Crippen molar-refractivity contribution in [1.29, 1.82) is 0 Å². The monoisotopic (exact) mass is 744 g/mol. The van der Waals surface area contributed by atoms with Crippen molar-refractivity contribution in [3.8, 4) is 39.1 Å². The number of nitrogens with zero attached hydrogens (tertiary/aromatic N) is 2. The molecule has 0 radical (unpaired) electrons. The lowest BCUT2D eigenvalue weighted by molar-refractivity contribution is 1.19. The third kappa shape index (κ3) is 5.63. The first-order valence-electron chi connectivity index (χ1n) is 19.4. The van der Waals surface area contributed by atoms with Crippen LogP contribution in [0.2, 0.25) is 0 Å². The van der Waals surface area contributed by atoms with Gasteiger partial charge in [-0.3, -0.25) is 0 Å². The molecule has 0 N–H and O–H groups in total. The Bertz CT molecular complexity index is 3230. The molecular formula is C54H36N2S. The van der Waals surface area contributed by atoms with E-state index in [0.717, 1.165) is 17.1 Å². The van der Waals surface area contributed by atoms with Gasteiger partial charge in [-0.15, -0.1) is 11.3 Å². The molecule has 0 aliphatic rings. The van der Waals surface area contributed by atoms with Gasteiger partial charge >= 0.3 is 0 Å². The van der Waals surface area contributed by atoms with E-state index in [9.17, 15) is 0 Å². The van der Waals surface area contributed by atoms with Crippen LogP contribution in [0.4, 0.5) is 17.1 Å². The van der Waals surface area contributed by atoms with Crippen LogP contribution in [-0.4, -0.2) is 4.57 Å². The molecule has 11 rings (SSSR count). The normalized spacial score (nSPS) is 11.5. The summed E-state index contributed by atoms with van der Waals surface area (Å²) < 4.78 is 5.04. The van der Waals surface area contributed by atoms with Gasteiger partial charge in [-0.25, -0.2) is 0 Å². The van der Waals surface area contributed by atoms with Crippen molar-refractivity contribution in [3.63, 3.8) is 0 Å². The predicted octanol–water partition coefficient (Wildman–Crippen LogP) is 15.6. The van der Waals surface area contributed by atoms with E-state index in [0.29, 0.717) is 0 Å². The van der Waals surface area contributed by atoms with Gasteiger partial charge in [0.05, 0.1) is 27.1 Å². The fraction of sp³-hybridized carbons (Fsp3) is 0. The Hall–Kier alpha value is -7.20. The minimum atomic E-state index is 1.10. The zero-order valence-corrected chi connectivity index (χ0v) is 31.9. The average molecular weight is 745 g/mol. The molecule has 0 saturated heterocycles. The zero-order chi connectivity index (χ0) is 37.7. The van der Waals surface area contributed by atoms with Crippen LogP contribution in [0.1, 0.15) is 0 Å². The molecule has 0 unspecified atom stereocenters. The van der Waals surface area contributed by atoms with Gasteiger partial charge in [0.15, 0.2) is 0 Å². The second-order valence-corrected chi connectivity index (χ2v) is 15.5. The number of hydrogen-bond donors (Lipinski definition) is 0. The maximum atomic E-state index is 2.45. The summed E-state index contributed by atoms with van der Waals surface area (Å²) in [7, 11) is 0. The standard InChI is InChI=1S/C54H36N2S/c1-3-17-39(18-4-1)44-22-9-12-27-49(44)55(43-34-32-38(33-35-43)41-31-30-37-16-7-8-19-40(37)36-41)50-28-13-10-23-45(50)46-25-15-26-48-52-54(57-53(46)48)47-24-11-14-29-51(47)56(52)42-20-5-2-6-21-42/h1-36H. The van der Waals surface area contributed by atoms with Crippen LogP contribution >= 0.6 is 11.3 Å². The molecule has 11 aromatic rings. The maximum absolute atomic E-state index is 2.45. The van der Waals surface area contributed by atoms with Crippen LogP contribution < -0.4 is 4.90 Å². The van der Waals surface area contributed by atoms with Gasteiger partial charge < -0.3 is 9.47 Å². The first-order chi connectivity index (χ1) is 28.3. The van der Waals surface area contributed by atoms with E-state index in [4.69, 9.17) is 0 Å². The van der Waals surface area contributed by atoms with E-state index >= 15 is 0 Å². The Kier molecular flexibility index (Phi) is 8.04. The van der Waals surface area contributed by atoms with Crippen molar-refractivity contribution in [2.75, 3.05) is 4.90 Å². The molecule has 268 valence electrons. The van der Waals surface area contributed by atoms with Gasteiger partial charge in [-0.05, 0) is 76.0 Å².